The Bertz CT molecular complexity index is 1360. The van der Waals surface area contributed by atoms with Gasteiger partial charge >= 0.3 is 48.0 Å². The highest BCUT2D eigenvalue weighted by Crippen LogP contribution is 2.63. The van der Waals surface area contributed by atoms with E-state index in [4.69, 9.17) is 18.9 Å². The molecular formula is C38H62N6O12. The van der Waals surface area contributed by atoms with Gasteiger partial charge in [0.2, 0.25) is 0 Å². The minimum absolute atomic E-state index is 0.0268. The van der Waals surface area contributed by atoms with Gasteiger partial charge in [0.25, 0.3) is 0 Å². The molecule has 0 heterocycles. The lowest BCUT2D eigenvalue weighted by Gasteiger charge is -2.35. The van der Waals surface area contributed by atoms with Crippen molar-refractivity contribution in [3.05, 3.63) is 0 Å². The number of amides is 8. The van der Waals surface area contributed by atoms with Crippen LogP contribution < -0.4 is 21.3 Å². The summed E-state index contributed by atoms with van der Waals surface area (Å²) >= 11 is 0. The largest absolute Gasteiger partial charge is 0.466 e. The van der Waals surface area contributed by atoms with Crippen molar-refractivity contribution >= 4 is 48.0 Å². The Balaban J connectivity index is 1.51. The van der Waals surface area contributed by atoms with E-state index in [9.17, 15) is 38.4 Å². The summed E-state index contributed by atoms with van der Waals surface area (Å²) in [4.78, 5) is 101. The van der Waals surface area contributed by atoms with E-state index in [0.717, 1.165) is 48.3 Å². The molecule has 0 aromatic carbocycles. The summed E-state index contributed by atoms with van der Waals surface area (Å²) in [5.41, 5.74) is 0. The third-order valence-corrected chi connectivity index (χ3v) is 10.9. The Labute approximate surface area is 329 Å². The van der Waals surface area contributed by atoms with Gasteiger partial charge in [-0.1, -0.05) is 0 Å². The van der Waals surface area contributed by atoms with Crippen LogP contribution in [0.25, 0.3) is 0 Å². The lowest BCUT2D eigenvalue weighted by atomic mass is 9.71. The van der Waals surface area contributed by atoms with Gasteiger partial charge in [-0.3, -0.25) is 19.2 Å². The molecule has 3 aliphatic carbocycles. The second-order valence-electron chi connectivity index (χ2n) is 14.3. The fourth-order valence-electron chi connectivity index (χ4n) is 8.63. The van der Waals surface area contributed by atoms with E-state index >= 15 is 0 Å². The zero-order chi connectivity index (χ0) is 41.0. The summed E-state index contributed by atoms with van der Waals surface area (Å²) in [6.45, 7) is 7.75. The van der Waals surface area contributed by atoms with Gasteiger partial charge in [-0.05, 0) is 102 Å². The lowest BCUT2D eigenvalue weighted by molar-refractivity contribution is -0.144. The van der Waals surface area contributed by atoms with Crippen LogP contribution in [0.5, 0.6) is 0 Å². The molecule has 316 valence electrons. The first-order chi connectivity index (χ1) is 26.9. The predicted molar refractivity (Wildman–Crippen MR) is 201 cm³/mol. The number of hydrogen-bond acceptors (Lipinski definition) is 12. The van der Waals surface area contributed by atoms with Gasteiger partial charge < -0.3 is 40.2 Å². The van der Waals surface area contributed by atoms with Crippen molar-refractivity contribution in [2.24, 2.45) is 35.5 Å². The number of fused-ring (bicyclic) bond motifs is 5. The van der Waals surface area contributed by atoms with Gasteiger partial charge in [-0.15, -0.1) is 0 Å². The maximum atomic E-state index is 13.2. The number of nitrogens with zero attached hydrogens (tertiary/aromatic N) is 2. The number of imide groups is 2. The van der Waals surface area contributed by atoms with Crippen LogP contribution >= 0.6 is 0 Å². The number of nitrogens with one attached hydrogen (secondary N) is 4. The van der Waals surface area contributed by atoms with Gasteiger partial charge in [0.1, 0.15) is 0 Å². The Morgan fingerprint density at radius 3 is 1.30 bits per heavy atom. The molecule has 3 fully saturated rings. The van der Waals surface area contributed by atoms with Crippen molar-refractivity contribution in [2.75, 3.05) is 65.7 Å². The molecule has 4 N–H and O–H groups in total. The Morgan fingerprint density at radius 2 is 0.875 bits per heavy atom. The predicted octanol–water partition coefficient (Wildman–Crippen LogP) is 3.32. The summed E-state index contributed by atoms with van der Waals surface area (Å²) in [5, 5.41) is 10.8. The molecule has 0 saturated heterocycles. The van der Waals surface area contributed by atoms with Gasteiger partial charge in [-0.2, -0.15) is 0 Å². The smallest absolute Gasteiger partial charge is 0.325 e. The standard InChI is InChI=1S/C38H62N6O12/c1-5-53-30(45)13-19-41-37(51)43(21-15-32(47)55-7-3)35(49)39-17-11-25-9-10-28-27-23-26(29(24-27)34(25)28)12-18-40-36(50)44(22-16-33(48)56-8-4)38(52)42-20-14-31(46)54-6-2/h25-29,34H,5-24H2,1-4H3,(H,39,49)(H,40,50)(H,41,51)(H,42,52). The molecule has 3 aliphatic rings. The van der Waals surface area contributed by atoms with Crippen molar-refractivity contribution in [1.29, 1.82) is 0 Å². The molecule has 18 heteroatoms. The minimum Gasteiger partial charge on any atom is -0.466 e. The van der Waals surface area contributed by atoms with Gasteiger partial charge in [0.05, 0.1) is 52.1 Å². The van der Waals surface area contributed by atoms with Crippen LogP contribution in [0.3, 0.4) is 0 Å². The highest BCUT2D eigenvalue weighted by Gasteiger charge is 2.56. The van der Waals surface area contributed by atoms with Gasteiger partial charge in [0, 0.05) is 39.3 Å². The molecule has 0 radical (unpaired) electrons. The fourth-order valence-corrected chi connectivity index (χ4v) is 8.63. The molecular weight excluding hydrogens is 732 g/mol. The average molecular weight is 795 g/mol. The average Bonchev–Trinajstić information content (AvgIpc) is 3.86. The van der Waals surface area contributed by atoms with Crippen LogP contribution in [0, 0.1) is 35.5 Å². The maximum absolute atomic E-state index is 13.2. The van der Waals surface area contributed by atoms with E-state index in [-0.39, 0.29) is 78.3 Å². The highest BCUT2D eigenvalue weighted by molar-refractivity contribution is 5.94. The van der Waals surface area contributed by atoms with Crippen LogP contribution in [0.2, 0.25) is 0 Å². The minimum atomic E-state index is -0.725. The number of carbonyl (C=O) groups excluding carboxylic acids is 8. The Hall–Kier alpha value is -4.64. The van der Waals surface area contributed by atoms with E-state index < -0.39 is 48.0 Å². The summed E-state index contributed by atoms with van der Waals surface area (Å²) < 4.78 is 19.7. The third kappa shape index (κ3) is 14.1. The van der Waals surface area contributed by atoms with Crippen molar-refractivity contribution < 1.29 is 57.3 Å². The van der Waals surface area contributed by atoms with Crippen LogP contribution in [0.1, 0.15) is 91.9 Å². The van der Waals surface area contributed by atoms with E-state index in [2.05, 4.69) is 21.3 Å². The maximum Gasteiger partial charge on any atom is 0.325 e. The first-order valence-electron chi connectivity index (χ1n) is 20.2. The van der Waals surface area contributed by atoms with E-state index in [1.54, 1.807) is 27.7 Å². The molecule has 8 amide bonds. The second kappa shape index (κ2) is 24.1. The molecule has 2 bridgehead atoms. The zero-order valence-electron chi connectivity index (χ0n) is 33.4. The summed E-state index contributed by atoms with van der Waals surface area (Å²) in [6.07, 6.45) is 5.39. The van der Waals surface area contributed by atoms with Gasteiger partial charge in [0.15, 0.2) is 0 Å². The van der Waals surface area contributed by atoms with Crippen molar-refractivity contribution in [3.8, 4) is 0 Å². The van der Waals surface area contributed by atoms with Crippen LogP contribution in [0.4, 0.5) is 19.2 Å². The Kier molecular flexibility index (Phi) is 19.7. The topological polar surface area (TPSA) is 228 Å². The van der Waals surface area contributed by atoms with Crippen molar-refractivity contribution in [2.45, 2.75) is 91.9 Å². The first-order valence-corrected chi connectivity index (χ1v) is 20.2. The lowest BCUT2D eigenvalue weighted by Crippen LogP contribution is -2.50. The van der Waals surface area contributed by atoms with E-state index in [1.807, 2.05) is 0 Å². The quantitative estimate of drug-likeness (QED) is 0.0915. The van der Waals surface area contributed by atoms with Crippen LogP contribution in [-0.4, -0.2) is 123 Å². The molecule has 3 saturated carbocycles. The van der Waals surface area contributed by atoms with Crippen LogP contribution in [0.15, 0.2) is 0 Å². The second-order valence-corrected chi connectivity index (χ2v) is 14.3. The number of rotatable bonds is 22. The molecule has 0 aromatic heterocycles. The number of ether oxygens (including phenoxy) is 4. The number of esters is 4. The summed E-state index contributed by atoms with van der Waals surface area (Å²) in [7, 11) is 0. The fraction of sp³-hybridized carbons (Fsp3) is 0.789. The monoisotopic (exact) mass is 794 g/mol. The van der Waals surface area contributed by atoms with Gasteiger partial charge in [-0.25, -0.2) is 29.0 Å². The first kappa shape index (κ1) is 45.7. The molecule has 6 atom stereocenters. The molecule has 0 aromatic rings. The molecule has 18 nitrogen and oxygen atoms in total. The van der Waals surface area contributed by atoms with Crippen molar-refractivity contribution in [3.63, 3.8) is 0 Å². The molecule has 6 unspecified atom stereocenters. The number of urea groups is 4. The Morgan fingerprint density at radius 1 is 0.482 bits per heavy atom. The van der Waals surface area contributed by atoms with Crippen molar-refractivity contribution in [1.82, 2.24) is 31.1 Å². The molecule has 0 aliphatic heterocycles. The highest BCUT2D eigenvalue weighted by atomic mass is 16.5. The van der Waals surface area contributed by atoms with E-state index in [0.29, 0.717) is 48.6 Å². The van der Waals surface area contributed by atoms with E-state index in [1.165, 1.54) is 0 Å². The SMILES string of the molecule is CCOC(=O)CCNC(=O)N(CCC(=O)OCC)C(=O)NCCC1CC2CC1C1C(CCNC(=O)N(CCC(=O)OCC)C(=O)NCCC(=O)OCC)CCC21. The summed E-state index contributed by atoms with van der Waals surface area (Å²) in [6, 6.07) is -2.72. The molecule has 3 rings (SSSR count). The number of hydrogen-bond donors (Lipinski definition) is 4. The number of carbonyl (C=O) groups is 8. The molecule has 56 heavy (non-hydrogen) atoms. The normalized spacial score (nSPS) is 21.6. The summed E-state index contributed by atoms with van der Waals surface area (Å²) in [5.74, 6) is 0.941. The molecule has 0 spiro atoms. The van der Waals surface area contributed by atoms with Crippen LogP contribution in [-0.2, 0) is 38.1 Å². The zero-order valence-corrected chi connectivity index (χ0v) is 33.4. The third-order valence-electron chi connectivity index (χ3n) is 10.9.